The molecule has 2 aromatic heterocycles. The van der Waals surface area contributed by atoms with Crippen molar-refractivity contribution in [2.45, 2.75) is 6.61 Å². The van der Waals surface area contributed by atoms with E-state index in [0.29, 0.717) is 11.6 Å². The second kappa shape index (κ2) is 8.34. The average molecular weight is 426 g/mol. The molecule has 5 heteroatoms. The zero-order valence-electron chi connectivity index (χ0n) is 17.0. The van der Waals surface area contributed by atoms with Gasteiger partial charge in [0.05, 0.1) is 23.6 Å². The molecule has 0 amide bonds. The zero-order chi connectivity index (χ0) is 21.2. The van der Waals surface area contributed by atoms with Crippen molar-refractivity contribution in [3.8, 4) is 33.5 Å². The summed E-state index contributed by atoms with van der Waals surface area (Å²) in [5, 5.41) is 5.53. The molecule has 5 rings (SSSR count). The molecule has 0 unspecified atom stereocenters. The molecule has 0 aliphatic heterocycles. The van der Waals surface area contributed by atoms with E-state index in [9.17, 15) is 0 Å². The smallest absolute Gasteiger partial charge is 0.163 e. The molecule has 0 bridgehead atoms. The Labute approximate surface area is 185 Å². The van der Waals surface area contributed by atoms with Crippen LogP contribution in [0.15, 0.2) is 91.1 Å². The number of aromatic nitrogens is 3. The van der Waals surface area contributed by atoms with Crippen molar-refractivity contribution >= 4 is 17.2 Å². The van der Waals surface area contributed by atoms with Crippen LogP contribution in [0.1, 0.15) is 5.69 Å². The second-order valence-electron chi connectivity index (χ2n) is 7.27. The fraction of sp³-hybridized carbons (Fsp3) is 0.0769. The number of fused-ring (bicyclic) bond motifs is 1. The Morgan fingerprint density at radius 3 is 2.26 bits per heavy atom. The van der Waals surface area contributed by atoms with E-state index in [1.807, 2.05) is 59.2 Å². The van der Waals surface area contributed by atoms with Crippen molar-refractivity contribution in [1.82, 2.24) is 14.6 Å². The van der Waals surface area contributed by atoms with Gasteiger partial charge in [0.1, 0.15) is 0 Å². The summed E-state index contributed by atoms with van der Waals surface area (Å²) < 4.78 is 7.31. The summed E-state index contributed by atoms with van der Waals surface area (Å²) in [6.07, 6.45) is 1.82. The fourth-order valence-corrected chi connectivity index (χ4v) is 4.04. The summed E-state index contributed by atoms with van der Waals surface area (Å²) in [5.41, 5.74) is 7.91. The van der Waals surface area contributed by atoms with Crippen LogP contribution in [0.2, 0.25) is 5.02 Å². The highest BCUT2D eigenvalue weighted by Crippen LogP contribution is 2.32. The summed E-state index contributed by atoms with van der Waals surface area (Å²) >= 11 is 6.26. The van der Waals surface area contributed by atoms with E-state index >= 15 is 0 Å². The first-order chi connectivity index (χ1) is 15.2. The molecule has 4 nitrogen and oxygen atoms in total. The van der Waals surface area contributed by atoms with E-state index in [1.54, 1.807) is 7.11 Å². The van der Waals surface area contributed by atoms with Gasteiger partial charge in [-0.2, -0.15) is 5.10 Å². The third kappa shape index (κ3) is 3.72. The van der Waals surface area contributed by atoms with Crippen LogP contribution >= 0.6 is 11.6 Å². The van der Waals surface area contributed by atoms with Crippen LogP contribution in [0, 0.1) is 0 Å². The topological polar surface area (TPSA) is 39.4 Å². The minimum atomic E-state index is 0.386. The summed E-state index contributed by atoms with van der Waals surface area (Å²) in [7, 11) is 1.67. The van der Waals surface area contributed by atoms with Gasteiger partial charge in [0.15, 0.2) is 5.65 Å². The predicted molar refractivity (Wildman–Crippen MR) is 125 cm³/mol. The van der Waals surface area contributed by atoms with Crippen LogP contribution < -0.4 is 0 Å². The largest absolute Gasteiger partial charge is 0.378 e. The molecule has 0 radical (unpaired) electrons. The van der Waals surface area contributed by atoms with E-state index in [0.717, 1.165) is 33.7 Å². The van der Waals surface area contributed by atoms with Crippen LogP contribution in [0.3, 0.4) is 0 Å². The van der Waals surface area contributed by atoms with E-state index in [1.165, 1.54) is 11.1 Å². The van der Waals surface area contributed by atoms with Crippen LogP contribution in [0.4, 0.5) is 0 Å². The lowest BCUT2D eigenvalue weighted by molar-refractivity contribution is 0.181. The molecule has 0 aliphatic carbocycles. The molecule has 0 spiro atoms. The maximum Gasteiger partial charge on any atom is 0.163 e. The minimum Gasteiger partial charge on any atom is -0.378 e. The Balaban J connectivity index is 1.65. The van der Waals surface area contributed by atoms with Crippen LogP contribution in [0.25, 0.3) is 39.2 Å². The van der Waals surface area contributed by atoms with E-state index in [-0.39, 0.29) is 0 Å². The first kappa shape index (κ1) is 19.5. The summed E-state index contributed by atoms with van der Waals surface area (Å²) in [4.78, 5) is 4.64. The molecule has 0 saturated heterocycles. The monoisotopic (exact) mass is 425 g/mol. The predicted octanol–water partition coefficient (Wildman–Crippen LogP) is 6.53. The van der Waals surface area contributed by atoms with Gasteiger partial charge >= 0.3 is 0 Å². The molecule has 2 heterocycles. The summed E-state index contributed by atoms with van der Waals surface area (Å²) in [6, 6.07) is 28.6. The van der Waals surface area contributed by atoms with Crippen molar-refractivity contribution in [3.63, 3.8) is 0 Å². The van der Waals surface area contributed by atoms with Gasteiger partial charge in [-0.15, -0.1) is 0 Å². The first-order valence-electron chi connectivity index (χ1n) is 10.0. The van der Waals surface area contributed by atoms with Gasteiger partial charge in [-0.3, -0.25) is 0 Å². The lowest BCUT2D eigenvalue weighted by Gasteiger charge is -2.07. The van der Waals surface area contributed by atoms with Gasteiger partial charge in [-0.25, -0.2) is 9.50 Å². The molecular weight excluding hydrogens is 406 g/mol. The average Bonchev–Trinajstić information content (AvgIpc) is 3.18. The highest BCUT2D eigenvalue weighted by Gasteiger charge is 2.18. The SMILES string of the molecule is COCc1nn2c(-c3ccc(-c4ccccc4)cc3)ccnc2c1-c1cccc(Cl)c1. The normalized spacial score (nSPS) is 11.2. The molecule has 0 atom stereocenters. The quantitative estimate of drug-likeness (QED) is 0.321. The Morgan fingerprint density at radius 2 is 1.52 bits per heavy atom. The summed E-state index contributed by atoms with van der Waals surface area (Å²) in [5.74, 6) is 0. The Hall–Kier alpha value is -3.47. The molecule has 0 N–H and O–H groups in total. The Kier molecular flexibility index (Phi) is 5.24. The number of ether oxygens (including phenoxy) is 1. The minimum absolute atomic E-state index is 0.386. The number of nitrogens with zero attached hydrogens (tertiary/aromatic N) is 3. The van der Waals surface area contributed by atoms with Crippen LogP contribution in [0.5, 0.6) is 0 Å². The maximum absolute atomic E-state index is 6.26. The van der Waals surface area contributed by atoms with Crippen LogP contribution in [-0.2, 0) is 11.3 Å². The number of hydrogen-bond acceptors (Lipinski definition) is 3. The molecule has 31 heavy (non-hydrogen) atoms. The van der Waals surface area contributed by atoms with Crippen molar-refractivity contribution in [3.05, 3.63) is 102 Å². The van der Waals surface area contributed by atoms with E-state index in [4.69, 9.17) is 21.4 Å². The van der Waals surface area contributed by atoms with Gasteiger partial charge in [-0.05, 0) is 34.9 Å². The first-order valence-corrected chi connectivity index (χ1v) is 10.4. The molecular formula is C26H20ClN3O. The zero-order valence-corrected chi connectivity index (χ0v) is 17.8. The van der Waals surface area contributed by atoms with Crippen molar-refractivity contribution < 1.29 is 4.74 Å². The van der Waals surface area contributed by atoms with Gasteiger partial charge in [-0.1, -0.05) is 78.3 Å². The molecule has 0 aliphatic rings. The fourth-order valence-electron chi connectivity index (χ4n) is 3.85. The van der Waals surface area contributed by atoms with Crippen molar-refractivity contribution in [2.24, 2.45) is 0 Å². The number of methoxy groups -OCH3 is 1. The maximum atomic E-state index is 6.26. The van der Waals surface area contributed by atoms with Gasteiger partial charge in [0.25, 0.3) is 0 Å². The lowest BCUT2D eigenvalue weighted by atomic mass is 10.0. The third-order valence-electron chi connectivity index (χ3n) is 5.27. The number of hydrogen-bond donors (Lipinski definition) is 0. The Morgan fingerprint density at radius 1 is 0.806 bits per heavy atom. The van der Waals surface area contributed by atoms with Crippen molar-refractivity contribution in [1.29, 1.82) is 0 Å². The Bertz CT molecular complexity index is 1340. The van der Waals surface area contributed by atoms with Crippen LogP contribution in [-0.4, -0.2) is 21.7 Å². The second-order valence-corrected chi connectivity index (χ2v) is 7.71. The molecule has 152 valence electrons. The molecule has 0 saturated carbocycles. The highest BCUT2D eigenvalue weighted by atomic mass is 35.5. The van der Waals surface area contributed by atoms with Gasteiger partial charge in [0.2, 0.25) is 0 Å². The highest BCUT2D eigenvalue weighted by molar-refractivity contribution is 6.30. The summed E-state index contributed by atoms with van der Waals surface area (Å²) in [6.45, 7) is 0.386. The molecule has 5 aromatic rings. The van der Waals surface area contributed by atoms with E-state index < -0.39 is 0 Å². The lowest BCUT2D eigenvalue weighted by Crippen LogP contribution is -1.96. The molecule has 0 fully saturated rings. The van der Waals surface area contributed by atoms with E-state index in [2.05, 4.69) is 41.4 Å². The third-order valence-corrected chi connectivity index (χ3v) is 5.51. The van der Waals surface area contributed by atoms with Crippen molar-refractivity contribution in [2.75, 3.05) is 7.11 Å². The number of rotatable bonds is 5. The van der Waals surface area contributed by atoms with Gasteiger partial charge < -0.3 is 4.74 Å². The number of benzene rings is 3. The standard InChI is InChI=1S/C26H20ClN3O/c1-31-17-23-25(21-8-5-9-22(27)16-21)26-28-15-14-24(30(26)29-23)20-12-10-19(11-13-20)18-6-3-2-4-7-18/h2-16H,17H2,1H3. The van der Waals surface area contributed by atoms with Gasteiger partial charge in [0, 0.05) is 23.9 Å². The molecule has 3 aromatic carbocycles. The number of halogens is 1.